The third-order valence-electron chi connectivity index (χ3n) is 2.80. The number of benzene rings is 1. The summed E-state index contributed by atoms with van der Waals surface area (Å²) in [6.07, 6.45) is 0.295. The molecule has 0 aliphatic carbocycles. The van der Waals surface area contributed by atoms with Crippen LogP contribution in [-0.4, -0.2) is 36.4 Å². The van der Waals surface area contributed by atoms with Gasteiger partial charge in [-0.15, -0.1) is 0 Å². The Hall–Kier alpha value is -1.58. The SMILES string of the molecule is CC(C)(C)N(CCc1ccccc1)C(=O)OCCF. The molecule has 0 saturated heterocycles. The third kappa shape index (κ3) is 5.28. The summed E-state index contributed by atoms with van der Waals surface area (Å²) < 4.78 is 16.9. The van der Waals surface area contributed by atoms with Crippen LogP contribution in [0.4, 0.5) is 9.18 Å². The first-order valence-corrected chi connectivity index (χ1v) is 6.49. The number of halogens is 1. The third-order valence-corrected chi connectivity index (χ3v) is 2.80. The highest BCUT2D eigenvalue weighted by Crippen LogP contribution is 2.16. The Bertz CT molecular complexity index is 387. The number of amides is 1. The van der Waals surface area contributed by atoms with E-state index in [-0.39, 0.29) is 12.1 Å². The molecule has 0 fully saturated rings. The normalized spacial score (nSPS) is 11.2. The van der Waals surface area contributed by atoms with Gasteiger partial charge >= 0.3 is 6.09 Å². The molecule has 0 aromatic heterocycles. The van der Waals surface area contributed by atoms with Gasteiger partial charge in [-0.2, -0.15) is 0 Å². The number of hydrogen-bond acceptors (Lipinski definition) is 2. The van der Waals surface area contributed by atoms with Gasteiger partial charge in [-0.05, 0) is 32.8 Å². The maximum atomic E-state index is 12.1. The van der Waals surface area contributed by atoms with Crippen molar-refractivity contribution in [3.63, 3.8) is 0 Å². The van der Waals surface area contributed by atoms with E-state index in [1.165, 1.54) is 0 Å². The molecule has 3 nitrogen and oxygen atoms in total. The van der Waals surface area contributed by atoms with E-state index in [4.69, 9.17) is 4.74 Å². The van der Waals surface area contributed by atoms with Gasteiger partial charge in [-0.25, -0.2) is 9.18 Å². The molecule has 0 aliphatic heterocycles. The first-order valence-electron chi connectivity index (χ1n) is 6.49. The smallest absolute Gasteiger partial charge is 0.410 e. The highest BCUT2D eigenvalue weighted by Gasteiger charge is 2.27. The summed E-state index contributed by atoms with van der Waals surface area (Å²) in [4.78, 5) is 13.5. The van der Waals surface area contributed by atoms with Crippen molar-refractivity contribution in [3.8, 4) is 0 Å². The first kappa shape index (κ1) is 15.5. The van der Waals surface area contributed by atoms with Gasteiger partial charge in [0.1, 0.15) is 13.3 Å². The van der Waals surface area contributed by atoms with Gasteiger partial charge < -0.3 is 9.64 Å². The van der Waals surface area contributed by atoms with Gasteiger partial charge in [0.2, 0.25) is 0 Å². The number of ether oxygens (including phenoxy) is 1. The molecule has 4 heteroatoms. The van der Waals surface area contributed by atoms with Gasteiger partial charge in [-0.1, -0.05) is 30.3 Å². The van der Waals surface area contributed by atoms with Gasteiger partial charge in [0.15, 0.2) is 0 Å². The van der Waals surface area contributed by atoms with Crippen LogP contribution in [0.2, 0.25) is 0 Å². The van der Waals surface area contributed by atoms with Crippen molar-refractivity contribution in [1.82, 2.24) is 4.90 Å². The molecule has 1 aromatic carbocycles. The van der Waals surface area contributed by atoms with Crippen molar-refractivity contribution in [2.24, 2.45) is 0 Å². The minimum Gasteiger partial charge on any atom is -0.447 e. The van der Waals surface area contributed by atoms with Crippen molar-refractivity contribution in [2.45, 2.75) is 32.7 Å². The molecule has 0 N–H and O–H groups in total. The van der Waals surface area contributed by atoms with Crippen molar-refractivity contribution < 1.29 is 13.9 Å². The molecule has 1 amide bonds. The van der Waals surface area contributed by atoms with Crippen LogP contribution in [0.25, 0.3) is 0 Å². The lowest BCUT2D eigenvalue weighted by Crippen LogP contribution is -2.47. The fourth-order valence-corrected chi connectivity index (χ4v) is 1.79. The molecule has 19 heavy (non-hydrogen) atoms. The zero-order valence-corrected chi connectivity index (χ0v) is 11.9. The van der Waals surface area contributed by atoms with E-state index in [9.17, 15) is 9.18 Å². The second-order valence-electron chi connectivity index (χ2n) is 5.36. The molecule has 0 aliphatic rings. The fraction of sp³-hybridized carbons (Fsp3) is 0.533. The van der Waals surface area contributed by atoms with E-state index >= 15 is 0 Å². The topological polar surface area (TPSA) is 29.5 Å². The summed E-state index contributed by atoms with van der Waals surface area (Å²) in [6.45, 7) is 5.54. The second kappa shape index (κ2) is 7.12. The van der Waals surface area contributed by atoms with E-state index in [1.807, 2.05) is 51.1 Å². The zero-order valence-electron chi connectivity index (χ0n) is 11.9. The number of carbonyl (C=O) groups is 1. The average Bonchev–Trinajstić information content (AvgIpc) is 2.36. The molecule has 1 aromatic rings. The summed E-state index contributed by atoms with van der Waals surface area (Å²) in [5.74, 6) is 0. The Morgan fingerprint density at radius 3 is 2.42 bits per heavy atom. The molecule has 0 heterocycles. The molecular weight excluding hydrogens is 245 g/mol. The Morgan fingerprint density at radius 2 is 1.89 bits per heavy atom. The molecule has 0 unspecified atom stereocenters. The predicted molar refractivity (Wildman–Crippen MR) is 73.9 cm³/mol. The molecule has 0 bridgehead atoms. The van der Waals surface area contributed by atoms with Crippen LogP contribution in [0.15, 0.2) is 30.3 Å². The second-order valence-corrected chi connectivity index (χ2v) is 5.36. The lowest BCUT2D eigenvalue weighted by molar-refractivity contribution is 0.0643. The van der Waals surface area contributed by atoms with E-state index in [0.717, 1.165) is 12.0 Å². The standard InChI is InChI=1S/C15H22FNO2/c1-15(2,3)17(14(18)19-12-10-16)11-9-13-7-5-4-6-8-13/h4-8H,9-12H2,1-3H3. The predicted octanol–water partition coefficient (Wildman–Crippen LogP) is 3.44. The summed E-state index contributed by atoms with van der Waals surface area (Å²) in [7, 11) is 0. The molecule has 0 atom stereocenters. The maximum Gasteiger partial charge on any atom is 0.410 e. The molecule has 0 radical (unpaired) electrons. The largest absolute Gasteiger partial charge is 0.447 e. The Morgan fingerprint density at radius 1 is 1.26 bits per heavy atom. The van der Waals surface area contributed by atoms with Gasteiger partial charge in [-0.3, -0.25) is 0 Å². The molecule has 0 saturated carbocycles. The van der Waals surface area contributed by atoms with Crippen LogP contribution >= 0.6 is 0 Å². The van der Waals surface area contributed by atoms with Crippen molar-refractivity contribution in [1.29, 1.82) is 0 Å². The number of rotatable bonds is 5. The number of hydrogen-bond donors (Lipinski definition) is 0. The lowest BCUT2D eigenvalue weighted by Gasteiger charge is -2.34. The van der Waals surface area contributed by atoms with E-state index < -0.39 is 12.8 Å². The van der Waals surface area contributed by atoms with Crippen LogP contribution < -0.4 is 0 Å². The Balaban J connectivity index is 2.63. The lowest BCUT2D eigenvalue weighted by atomic mass is 10.1. The molecule has 1 rings (SSSR count). The summed E-state index contributed by atoms with van der Waals surface area (Å²) >= 11 is 0. The molecular formula is C15H22FNO2. The van der Waals surface area contributed by atoms with Crippen LogP contribution in [0, 0.1) is 0 Å². The molecule has 106 valence electrons. The highest BCUT2D eigenvalue weighted by molar-refractivity contribution is 5.68. The number of nitrogens with zero attached hydrogens (tertiary/aromatic N) is 1. The monoisotopic (exact) mass is 267 g/mol. The van der Waals surface area contributed by atoms with E-state index in [0.29, 0.717) is 6.54 Å². The van der Waals surface area contributed by atoms with Gasteiger partial charge in [0, 0.05) is 12.1 Å². The molecule has 0 spiro atoms. The highest BCUT2D eigenvalue weighted by atomic mass is 19.1. The minimum atomic E-state index is -0.650. The summed E-state index contributed by atoms with van der Waals surface area (Å²) in [6, 6.07) is 9.94. The van der Waals surface area contributed by atoms with Crippen molar-refractivity contribution in [3.05, 3.63) is 35.9 Å². The van der Waals surface area contributed by atoms with Crippen LogP contribution in [0.3, 0.4) is 0 Å². The fourth-order valence-electron chi connectivity index (χ4n) is 1.79. The first-order chi connectivity index (χ1) is 8.95. The number of alkyl halides is 1. The Kier molecular flexibility index (Phi) is 5.80. The summed E-state index contributed by atoms with van der Waals surface area (Å²) in [5, 5.41) is 0. The van der Waals surface area contributed by atoms with Crippen LogP contribution in [0.1, 0.15) is 26.3 Å². The average molecular weight is 267 g/mol. The van der Waals surface area contributed by atoms with E-state index in [1.54, 1.807) is 4.90 Å². The summed E-state index contributed by atoms with van der Waals surface area (Å²) in [5.41, 5.74) is 0.817. The quantitative estimate of drug-likeness (QED) is 0.818. The minimum absolute atomic E-state index is 0.184. The zero-order chi connectivity index (χ0) is 14.3. The van der Waals surface area contributed by atoms with Gasteiger partial charge in [0.25, 0.3) is 0 Å². The van der Waals surface area contributed by atoms with Crippen molar-refractivity contribution >= 4 is 6.09 Å². The maximum absolute atomic E-state index is 12.1. The van der Waals surface area contributed by atoms with Gasteiger partial charge in [0.05, 0.1) is 0 Å². The number of carbonyl (C=O) groups excluding carboxylic acids is 1. The van der Waals surface area contributed by atoms with Crippen LogP contribution in [-0.2, 0) is 11.2 Å². The van der Waals surface area contributed by atoms with E-state index in [2.05, 4.69) is 0 Å². The van der Waals surface area contributed by atoms with Crippen LogP contribution in [0.5, 0.6) is 0 Å². The van der Waals surface area contributed by atoms with Crippen molar-refractivity contribution in [2.75, 3.05) is 19.8 Å². The Labute approximate surface area is 114 Å².